The van der Waals surface area contributed by atoms with Crippen molar-refractivity contribution in [3.8, 4) is 5.75 Å². The molecule has 4 unspecified atom stereocenters. The highest BCUT2D eigenvalue weighted by Crippen LogP contribution is 2.35. The average Bonchev–Trinajstić information content (AvgIpc) is 2.91. The molecular formula is C28H33N4O4S+. The highest BCUT2D eigenvalue weighted by atomic mass is 32.2. The predicted molar refractivity (Wildman–Crippen MR) is 142 cm³/mol. The number of rotatable bonds is 7. The van der Waals surface area contributed by atoms with E-state index < -0.39 is 22.1 Å². The van der Waals surface area contributed by atoms with E-state index >= 15 is 0 Å². The Kier molecular flexibility index (Phi) is 6.92. The number of ether oxygens (including phenoxy) is 1. The Balaban J connectivity index is 1.50. The van der Waals surface area contributed by atoms with Crippen LogP contribution in [0, 0.1) is 18.8 Å². The number of fused-ring (bicyclic) bond motifs is 4. The van der Waals surface area contributed by atoms with Crippen LogP contribution in [0.5, 0.6) is 5.75 Å². The number of benzene rings is 2. The van der Waals surface area contributed by atoms with E-state index in [4.69, 9.17) is 4.74 Å². The number of piperidine rings is 3. The van der Waals surface area contributed by atoms with E-state index in [0.717, 1.165) is 48.0 Å². The van der Waals surface area contributed by atoms with E-state index in [1.54, 1.807) is 25.4 Å². The summed E-state index contributed by atoms with van der Waals surface area (Å²) in [6, 6.07) is 12.9. The third-order valence-corrected chi connectivity index (χ3v) is 9.24. The molecule has 9 heteroatoms. The summed E-state index contributed by atoms with van der Waals surface area (Å²) in [4.78, 5) is 19.2. The van der Waals surface area contributed by atoms with Crippen LogP contribution in [0.3, 0.4) is 0 Å². The quantitative estimate of drug-likeness (QED) is 0.415. The normalized spacial score (nSPS) is 23.8. The number of hydrogen-bond donors (Lipinski definition) is 3. The van der Waals surface area contributed by atoms with Gasteiger partial charge < -0.3 is 15.0 Å². The first-order chi connectivity index (χ1) is 17.8. The molecule has 3 saturated heterocycles. The minimum Gasteiger partial charge on any atom is -0.497 e. The average molecular weight is 522 g/mol. The summed E-state index contributed by atoms with van der Waals surface area (Å²) in [6.45, 7) is 7.87. The summed E-state index contributed by atoms with van der Waals surface area (Å²) in [6.07, 6.45) is 5.82. The minimum atomic E-state index is -4.03. The number of aryl methyl sites for hydroxylation is 1. The van der Waals surface area contributed by atoms with Crippen molar-refractivity contribution in [2.45, 2.75) is 36.7 Å². The van der Waals surface area contributed by atoms with E-state index in [-0.39, 0.29) is 10.9 Å². The highest BCUT2D eigenvalue weighted by molar-refractivity contribution is 7.90. The van der Waals surface area contributed by atoms with Crippen molar-refractivity contribution < 1.29 is 22.8 Å². The number of nitrogens with one attached hydrogen (secondary N) is 3. The van der Waals surface area contributed by atoms with Gasteiger partial charge in [-0.3, -0.25) is 4.98 Å². The number of sulfonamides is 1. The SMILES string of the molecule is C=CC1C[NH+]2CCC1CC2[C@@H](NC(=O)NS(=O)(=O)c1ccc(C)cc1)c1ccnc2ccc(OC)cc12. The zero-order valence-corrected chi connectivity index (χ0v) is 21.9. The van der Waals surface area contributed by atoms with Crippen molar-refractivity contribution >= 4 is 27.0 Å². The number of aromatic nitrogens is 1. The molecule has 0 radical (unpaired) electrons. The van der Waals surface area contributed by atoms with Crippen LogP contribution in [0.15, 0.2) is 72.3 Å². The van der Waals surface area contributed by atoms with Gasteiger partial charge in [-0.2, -0.15) is 0 Å². The summed E-state index contributed by atoms with van der Waals surface area (Å²) >= 11 is 0. The van der Waals surface area contributed by atoms with Gasteiger partial charge in [-0.1, -0.05) is 23.8 Å². The van der Waals surface area contributed by atoms with Crippen LogP contribution in [0.4, 0.5) is 4.79 Å². The second kappa shape index (κ2) is 10.1. The van der Waals surface area contributed by atoms with E-state index in [9.17, 15) is 13.2 Å². The number of urea groups is 1. The molecule has 3 aliphatic rings. The first kappa shape index (κ1) is 25.2. The molecule has 5 atom stereocenters. The molecule has 8 nitrogen and oxygen atoms in total. The molecule has 37 heavy (non-hydrogen) atoms. The van der Waals surface area contributed by atoms with Crippen LogP contribution < -0.4 is 19.7 Å². The van der Waals surface area contributed by atoms with Gasteiger partial charge in [0.25, 0.3) is 10.0 Å². The van der Waals surface area contributed by atoms with E-state index in [0.29, 0.717) is 17.6 Å². The summed E-state index contributed by atoms with van der Waals surface area (Å²) in [5.41, 5.74) is 2.62. The number of quaternary nitrogens is 1. The fourth-order valence-corrected chi connectivity index (χ4v) is 6.85. The van der Waals surface area contributed by atoms with Gasteiger partial charge in [0, 0.05) is 30.3 Å². The van der Waals surface area contributed by atoms with Crippen LogP contribution in [0.2, 0.25) is 0 Å². The van der Waals surface area contributed by atoms with Crippen molar-refractivity contribution in [1.29, 1.82) is 0 Å². The second-order valence-corrected chi connectivity index (χ2v) is 11.7. The fraction of sp³-hybridized carbons (Fsp3) is 0.357. The molecule has 1 aromatic heterocycles. The Hall–Kier alpha value is -3.43. The lowest BCUT2D eigenvalue weighted by molar-refractivity contribution is -0.947. The summed E-state index contributed by atoms with van der Waals surface area (Å²) < 4.78 is 33.6. The van der Waals surface area contributed by atoms with Crippen LogP contribution in [-0.2, 0) is 10.0 Å². The highest BCUT2D eigenvalue weighted by Gasteiger charge is 2.47. The van der Waals surface area contributed by atoms with Crippen LogP contribution in [-0.4, -0.2) is 45.7 Å². The van der Waals surface area contributed by atoms with E-state index in [2.05, 4.69) is 27.7 Å². The standard InChI is InChI=1S/C28H32N4O4S/c1-4-19-17-32-14-12-20(19)15-26(32)27(23-11-13-29-25-10-7-21(36-3)16-24(23)25)30-28(33)31-37(34,35)22-8-5-18(2)6-9-22/h4-11,13,16,19-20,26-27H,1,12,14-15,17H2,2-3H3,(H2,30,31,33)/p+1/t19?,20?,26?,27-/m0/s1. The first-order valence-electron chi connectivity index (χ1n) is 12.6. The predicted octanol–water partition coefficient (Wildman–Crippen LogP) is 2.76. The summed E-state index contributed by atoms with van der Waals surface area (Å²) in [7, 11) is -2.41. The van der Waals surface area contributed by atoms with Gasteiger partial charge >= 0.3 is 6.03 Å². The molecule has 6 rings (SSSR count). The lowest BCUT2D eigenvalue weighted by Gasteiger charge is -2.48. The van der Waals surface area contributed by atoms with Crippen molar-refractivity contribution in [3.05, 3.63) is 78.5 Å². The van der Waals surface area contributed by atoms with Gasteiger partial charge in [0.2, 0.25) is 0 Å². The number of methoxy groups -OCH3 is 1. The maximum Gasteiger partial charge on any atom is 0.329 e. The number of amides is 2. The maximum atomic E-state index is 13.2. The van der Waals surface area contributed by atoms with Crippen molar-refractivity contribution in [3.63, 3.8) is 0 Å². The molecule has 3 fully saturated rings. The molecule has 0 spiro atoms. The molecule has 2 amide bonds. The fourth-order valence-electron chi connectivity index (χ4n) is 5.94. The topological polar surface area (TPSA) is 102 Å². The molecule has 3 aromatic rings. The molecule has 4 heterocycles. The van der Waals surface area contributed by atoms with E-state index in [1.807, 2.05) is 31.2 Å². The third-order valence-electron chi connectivity index (χ3n) is 7.89. The third kappa shape index (κ3) is 5.06. The van der Waals surface area contributed by atoms with Gasteiger partial charge in [-0.25, -0.2) is 17.9 Å². The monoisotopic (exact) mass is 521 g/mol. The van der Waals surface area contributed by atoms with Crippen molar-refractivity contribution in [1.82, 2.24) is 15.0 Å². The van der Waals surface area contributed by atoms with Crippen LogP contribution in [0.1, 0.15) is 30.0 Å². The number of hydrogen-bond acceptors (Lipinski definition) is 5. The Bertz CT molecular complexity index is 1420. The number of carbonyl (C=O) groups excluding carboxylic acids is 1. The molecule has 3 N–H and O–H groups in total. The molecule has 3 aliphatic heterocycles. The number of pyridine rings is 1. The van der Waals surface area contributed by atoms with Gasteiger partial charge in [-0.15, -0.1) is 6.58 Å². The van der Waals surface area contributed by atoms with Crippen molar-refractivity contribution in [2.24, 2.45) is 11.8 Å². The van der Waals surface area contributed by atoms with Crippen LogP contribution in [0.25, 0.3) is 10.9 Å². The van der Waals surface area contributed by atoms with E-state index in [1.165, 1.54) is 17.0 Å². The second-order valence-electron chi connectivity index (χ2n) is 10.1. The Morgan fingerprint density at radius 2 is 2.00 bits per heavy atom. The molecule has 194 valence electrons. The molecule has 0 saturated carbocycles. The summed E-state index contributed by atoms with van der Waals surface area (Å²) in [5, 5.41) is 3.91. The van der Waals surface area contributed by atoms with Gasteiger partial charge in [0.1, 0.15) is 17.8 Å². The van der Waals surface area contributed by atoms with Crippen molar-refractivity contribution in [2.75, 3.05) is 20.2 Å². The Labute approximate surface area is 217 Å². The number of carbonyl (C=O) groups is 1. The Morgan fingerprint density at radius 3 is 2.68 bits per heavy atom. The van der Waals surface area contributed by atoms with Gasteiger partial charge in [0.05, 0.1) is 30.6 Å². The zero-order valence-electron chi connectivity index (χ0n) is 21.1. The zero-order chi connectivity index (χ0) is 26.2. The number of nitrogens with zero attached hydrogens (tertiary/aromatic N) is 1. The van der Waals surface area contributed by atoms with Gasteiger partial charge in [0.15, 0.2) is 0 Å². The van der Waals surface area contributed by atoms with Gasteiger partial charge in [-0.05, 0) is 54.8 Å². The minimum absolute atomic E-state index is 0.0452. The molecular weight excluding hydrogens is 488 g/mol. The smallest absolute Gasteiger partial charge is 0.329 e. The Morgan fingerprint density at radius 1 is 1.22 bits per heavy atom. The lowest BCUT2D eigenvalue weighted by atomic mass is 9.73. The first-order valence-corrected chi connectivity index (χ1v) is 14.1. The maximum absolute atomic E-state index is 13.2. The van der Waals surface area contributed by atoms with Crippen LogP contribution >= 0.6 is 0 Å². The lowest BCUT2D eigenvalue weighted by Crippen LogP contribution is -3.20. The molecule has 2 bridgehead atoms. The largest absolute Gasteiger partial charge is 0.497 e. The molecule has 2 aromatic carbocycles. The molecule has 0 aliphatic carbocycles. The summed E-state index contributed by atoms with van der Waals surface area (Å²) in [5.74, 6) is 1.63.